The van der Waals surface area contributed by atoms with Crippen molar-refractivity contribution in [3.63, 3.8) is 0 Å². The number of ether oxygens (including phenoxy) is 1. The van der Waals surface area contributed by atoms with E-state index in [0.29, 0.717) is 13.0 Å². The quantitative estimate of drug-likeness (QED) is 0.752. The Bertz CT molecular complexity index is 702. The smallest absolute Gasteiger partial charge is 0.127 e. The molecule has 1 atom stereocenters. The minimum absolute atomic E-state index is 0.485. The summed E-state index contributed by atoms with van der Waals surface area (Å²) in [4.78, 5) is 0. The molecule has 0 unspecified atom stereocenters. The van der Waals surface area contributed by atoms with Crippen molar-refractivity contribution >= 4 is 10.8 Å². The number of aliphatic hydroxyl groups excluding tert-OH is 1. The lowest BCUT2D eigenvalue weighted by atomic mass is 10.1. The third-order valence-electron chi connectivity index (χ3n) is 3.58. The van der Waals surface area contributed by atoms with Crippen LogP contribution in [0.4, 0.5) is 0 Å². The number of benzene rings is 3. The molecule has 0 aliphatic rings. The summed E-state index contributed by atoms with van der Waals surface area (Å²) in [6.45, 7) is 0.490. The van der Waals surface area contributed by atoms with Crippen LogP contribution in [0.3, 0.4) is 0 Å². The summed E-state index contributed by atoms with van der Waals surface area (Å²) in [5, 5.41) is 12.4. The van der Waals surface area contributed by atoms with Crippen LogP contribution in [0.5, 0.6) is 5.75 Å². The minimum atomic E-state index is -0.485. The van der Waals surface area contributed by atoms with E-state index in [4.69, 9.17) is 4.74 Å². The molecule has 0 radical (unpaired) electrons. The Balaban J connectivity index is 1.65. The highest BCUT2D eigenvalue weighted by molar-refractivity contribution is 5.88. The fourth-order valence-electron chi connectivity index (χ4n) is 2.44. The highest BCUT2D eigenvalue weighted by Crippen LogP contribution is 2.26. The van der Waals surface area contributed by atoms with Gasteiger partial charge < -0.3 is 9.84 Å². The Kier molecular flexibility index (Phi) is 4.17. The largest absolute Gasteiger partial charge is 0.493 e. The van der Waals surface area contributed by atoms with Crippen LogP contribution in [-0.4, -0.2) is 11.7 Å². The van der Waals surface area contributed by atoms with Crippen molar-refractivity contribution in [3.8, 4) is 5.75 Å². The van der Waals surface area contributed by atoms with E-state index in [1.54, 1.807) is 0 Å². The van der Waals surface area contributed by atoms with Gasteiger partial charge in [0.1, 0.15) is 5.75 Å². The number of hydrogen-bond donors (Lipinski definition) is 1. The van der Waals surface area contributed by atoms with E-state index in [1.165, 1.54) is 5.39 Å². The fraction of sp³-hybridized carbons (Fsp3) is 0.158. The van der Waals surface area contributed by atoms with Gasteiger partial charge in [0.05, 0.1) is 12.7 Å². The van der Waals surface area contributed by atoms with Crippen molar-refractivity contribution in [2.75, 3.05) is 6.61 Å². The Morgan fingerprint density at radius 2 is 1.52 bits per heavy atom. The zero-order valence-corrected chi connectivity index (χ0v) is 11.8. The van der Waals surface area contributed by atoms with Crippen LogP contribution < -0.4 is 4.74 Å². The minimum Gasteiger partial charge on any atom is -0.493 e. The Morgan fingerprint density at radius 3 is 2.38 bits per heavy atom. The first-order valence-corrected chi connectivity index (χ1v) is 7.18. The normalized spacial score (nSPS) is 12.2. The molecule has 1 N–H and O–H groups in total. The molecule has 0 saturated carbocycles. The predicted molar refractivity (Wildman–Crippen MR) is 85.5 cm³/mol. The zero-order chi connectivity index (χ0) is 14.5. The van der Waals surface area contributed by atoms with E-state index >= 15 is 0 Å². The lowest BCUT2D eigenvalue weighted by Crippen LogP contribution is -2.05. The molecule has 0 fully saturated rings. The summed E-state index contributed by atoms with van der Waals surface area (Å²) >= 11 is 0. The van der Waals surface area contributed by atoms with Gasteiger partial charge in [-0.15, -0.1) is 0 Å². The molecule has 0 aliphatic carbocycles. The number of fused-ring (bicyclic) bond motifs is 1. The maximum Gasteiger partial charge on any atom is 0.127 e. The van der Waals surface area contributed by atoms with E-state index in [0.717, 1.165) is 16.7 Å². The third-order valence-corrected chi connectivity index (χ3v) is 3.58. The fourth-order valence-corrected chi connectivity index (χ4v) is 2.44. The van der Waals surface area contributed by atoms with Gasteiger partial charge in [-0.1, -0.05) is 66.7 Å². The molecule has 0 bridgehead atoms. The molecule has 2 heteroatoms. The van der Waals surface area contributed by atoms with Gasteiger partial charge in [0.2, 0.25) is 0 Å². The van der Waals surface area contributed by atoms with Crippen molar-refractivity contribution in [1.29, 1.82) is 0 Å². The number of aliphatic hydroxyl groups is 1. The van der Waals surface area contributed by atoms with E-state index in [2.05, 4.69) is 18.2 Å². The average Bonchev–Trinajstić information content (AvgIpc) is 2.56. The summed E-state index contributed by atoms with van der Waals surface area (Å²) < 4.78 is 5.85. The highest BCUT2D eigenvalue weighted by atomic mass is 16.5. The molecule has 106 valence electrons. The van der Waals surface area contributed by atoms with Gasteiger partial charge in [0.15, 0.2) is 0 Å². The molecule has 0 aromatic heterocycles. The van der Waals surface area contributed by atoms with E-state index in [1.807, 2.05) is 54.6 Å². The van der Waals surface area contributed by atoms with Crippen LogP contribution in [0.15, 0.2) is 72.8 Å². The first-order chi connectivity index (χ1) is 10.3. The lowest BCUT2D eigenvalue weighted by Gasteiger charge is -2.13. The summed E-state index contributed by atoms with van der Waals surface area (Å²) in [7, 11) is 0. The van der Waals surface area contributed by atoms with Gasteiger partial charge in [0.25, 0.3) is 0 Å². The molecule has 0 saturated heterocycles. The third kappa shape index (κ3) is 3.23. The number of hydrogen-bond acceptors (Lipinski definition) is 2. The molecule has 3 aromatic carbocycles. The molecule has 3 aromatic rings. The summed E-state index contributed by atoms with van der Waals surface area (Å²) in [5.74, 6) is 0.869. The van der Waals surface area contributed by atoms with E-state index < -0.39 is 6.10 Å². The Hall–Kier alpha value is -2.32. The maximum atomic E-state index is 10.1. The highest BCUT2D eigenvalue weighted by Gasteiger charge is 2.07. The van der Waals surface area contributed by atoms with E-state index in [-0.39, 0.29) is 0 Å². The van der Waals surface area contributed by atoms with Crippen LogP contribution in [0.25, 0.3) is 10.8 Å². The molecule has 21 heavy (non-hydrogen) atoms. The Morgan fingerprint density at radius 1 is 0.810 bits per heavy atom. The molecule has 3 rings (SSSR count). The van der Waals surface area contributed by atoms with Gasteiger partial charge >= 0.3 is 0 Å². The molecule has 0 amide bonds. The van der Waals surface area contributed by atoms with Gasteiger partial charge in [-0.05, 0) is 17.0 Å². The second-order valence-electron chi connectivity index (χ2n) is 5.04. The van der Waals surface area contributed by atoms with Crippen molar-refractivity contribution in [1.82, 2.24) is 0 Å². The van der Waals surface area contributed by atoms with Crippen molar-refractivity contribution in [3.05, 3.63) is 78.4 Å². The zero-order valence-electron chi connectivity index (χ0n) is 11.8. The average molecular weight is 278 g/mol. The standard InChI is InChI=1S/C19H18O2/c20-18(16-8-2-1-3-9-16)13-14-21-19-12-6-10-15-7-4-5-11-17(15)19/h1-12,18,20H,13-14H2/t18-/m1/s1. The summed E-state index contributed by atoms with van der Waals surface area (Å²) in [6, 6.07) is 23.9. The first kappa shape index (κ1) is 13.7. The first-order valence-electron chi connectivity index (χ1n) is 7.18. The van der Waals surface area contributed by atoms with Crippen molar-refractivity contribution in [2.24, 2.45) is 0 Å². The molecular formula is C19H18O2. The lowest BCUT2D eigenvalue weighted by molar-refractivity contribution is 0.141. The molecular weight excluding hydrogens is 260 g/mol. The molecule has 2 nitrogen and oxygen atoms in total. The molecule has 0 aliphatic heterocycles. The van der Waals surface area contributed by atoms with Gasteiger partial charge in [-0.25, -0.2) is 0 Å². The van der Waals surface area contributed by atoms with Crippen LogP contribution in [-0.2, 0) is 0 Å². The van der Waals surface area contributed by atoms with Crippen molar-refractivity contribution in [2.45, 2.75) is 12.5 Å². The SMILES string of the molecule is O[C@H](CCOc1cccc2ccccc12)c1ccccc1. The summed E-state index contributed by atoms with van der Waals surface area (Å²) in [5.41, 5.74) is 0.930. The monoisotopic (exact) mass is 278 g/mol. The van der Waals surface area contributed by atoms with Crippen LogP contribution in [0.1, 0.15) is 18.1 Å². The summed E-state index contributed by atoms with van der Waals surface area (Å²) in [6.07, 6.45) is 0.0916. The van der Waals surface area contributed by atoms with Gasteiger partial charge in [0, 0.05) is 11.8 Å². The molecule has 0 heterocycles. The molecule has 0 spiro atoms. The van der Waals surface area contributed by atoms with Crippen LogP contribution >= 0.6 is 0 Å². The van der Waals surface area contributed by atoms with Crippen molar-refractivity contribution < 1.29 is 9.84 Å². The van der Waals surface area contributed by atoms with E-state index in [9.17, 15) is 5.11 Å². The van der Waals surface area contributed by atoms with Gasteiger partial charge in [-0.3, -0.25) is 0 Å². The maximum absolute atomic E-state index is 10.1. The topological polar surface area (TPSA) is 29.5 Å². The van der Waals surface area contributed by atoms with Gasteiger partial charge in [-0.2, -0.15) is 0 Å². The second-order valence-corrected chi connectivity index (χ2v) is 5.04. The Labute approximate surface area is 124 Å². The second kappa shape index (κ2) is 6.42. The predicted octanol–water partition coefficient (Wildman–Crippen LogP) is 4.34. The number of rotatable bonds is 5. The van der Waals surface area contributed by atoms with Crippen LogP contribution in [0, 0.1) is 0 Å². The van der Waals surface area contributed by atoms with Crippen LogP contribution in [0.2, 0.25) is 0 Å².